The van der Waals surface area contributed by atoms with Crippen molar-refractivity contribution in [1.82, 2.24) is 0 Å². The molecule has 1 aliphatic rings. The Labute approximate surface area is 120 Å². The van der Waals surface area contributed by atoms with Gasteiger partial charge in [-0.25, -0.2) is 0 Å². The maximum Gasteiger partial charge on any atom is 0.302 e. The van der Waals surface area contributed by atoms with E-state index in [2.05, 4.69) is 12.1 Å². The van der Waals surface area contributed by atoms with Crippen molar-refractivity contribution in [3.05, 3.63) is 29.8 Å². The van der Waals surface area contributed by atoms with Gasteiger partial charge in [0.15, 0.2) is 6.79 Å². The highest BCUT2D eigenvalue weighted by Gasteiger charge is 2.29. The summed E-state index contributed by atoms with van der Waals surface area (Å²) in [6.45, 7) is 1.74. The van der Waals surface area contributed by atoms with Gasteiger partial charge < -0.3 is 14.2 Å². The van der Waals surface area contributed by atoms with Gasteiger partial charge in [-0.15, -0.1) is 0 Å². The molecule has 20 heavy (non-hydrogen) atoms. The van der Waals surface area contributed by atoms with Gasteiger partial charge >= 0.3 is 5.97 Å². The van der Waals surface area contributed by atoms with E-state index in [0.717, 1.165) is 31.4 Å². The Hall–Kier alpha value is -1.55. The van der Waals surface area contributed by atoms with Crippen molar-refractivity contribution in [1.29, 1.82) is 0 Å². The van der Waals surface area contributed by atoms with E-state index in [4.69, 9.17) is 14.2 Å². The summed E-state index contributed by atoms with van der Waals surface area (Å²) in [5.41, 5.74) is 1.25. The maximum absolute atomic E-state index is 11.1. The second kappa shape index (κ2) is 7.29. The summed E-state index contributed by atoms with van der Waals surface area (Å²) in [6, 6.07) is 8.02. The number of hydrogen-bond acceptors (Lipinski definition) is 4. The molecule has 0 amide bonds. The summed E-state index contributed by atoms with van der Waals surface area (Å²) in [6.07, 6.45) is 4.27. The Bertz CT molecular complexity index is 427. The number of benzene rings is 1. The van der Waals surface area contributed by atoms with Crippen LogP contribution >= 0.6 is 0 Å². The molecule has 1 aromatic carbocycles. The summed E-state index contributed by atoms with van der Waals surface area (Å²) in [4.78, 5) is 11.1. The number of hydrogen-bond donors (Lipinski definition) is 0. The first-order valence-electron chi connectivity index (χ1n) is 7.07. The smallest absolute Gasteiger partial charge is 0.302 e. The van der Waals surface area contributed by atoms with Crippen molar-refractivity contribution < 1.29 is 19.0 Å². The fourth-order valence-corrected chi connectivity index (χ4v) is 2.76. The van der Waals surface area contributed by atoms with Crippen LogP contribution in [0.15, 0.2) is 24.3 Å². The minimum atomic E-state index is -0.176. The molecule has 1 aliphatic carbocycles. The Morgan fingerprint density at radius 3 is 2.65 bits per heavy atom. The van der Waals surface area contributed by atoms with Crippen LogP contribution in [0.2, 0.25) is 0 Å². The number of esters is 1. The lowest BCUT2D eigenvalue weighted by Gasteiger charge is -2.19. The average molecular weight is 278 g/mol. The molecule has 4 nitrogen and oxygen atoms in total. The number of carbonyl (C=O) groups excluding carboxylic acids is 1. The highest BCUT2D eigenvalue weighted by atomic mass is 16.7. The number of carbonyl (C=O) groups is 1. The lowest BCUT2D eigenvalue weighted by Crippen LogP contribution is -2.22. The van der Waals surface area contributed by atoms with Crippen LogP contribution in [0, 0.1) is 5.92 Å². The first-order valence-corrected chi connectivity index (χ1v) is 7.07. The normalized spacial score (nSPS) is 21.7. The van der Waals surface area contributed by atoms with E-state index < -0.39 is 0 Å². The van der Waals surface area contributed by atoms with Gasteiger partial charge in [-0.1, -0.05) is 12.1 Å². The molecule has 0 aliphatic heterocycles. The summed E-state index contributed by atoms with van der Waals surface area (Å²) in [5, 5.41) is 0. The van der Waals surface area contributed by atoms with Crippen molar-refractivity contribution in [3.8, 4) is 5.75 Å². The molecule has 0 saturated heterocycles. The summed E-state index contributed by atoms with van der Waals surface area (Å²) >= 11 is 0. The minimum Gasteiger partial charge on any atom is -0.468 e. The summed E-state index contributed by atoms with van der Waals surface area (Å²) in [5.74, 6) is 1.06. The Balaban J connectivity index is 1.90. The second-order valence-corrected chi connectivity index (χ2v) is 5.24. The van der Waals surface area contributed by atoms with Crippen molar-refractivity contribution in [2.45, 2.75) is 38.7 Å². The second-order valence-electron chi connectivity index (χ2n) is 5.24. The van der Waals surface area contributed by atoms with Gasteiger partial charge in [0.05, 0.1) is 0 Å². The fraction of sp³-hybridized carbons (Fsp3) is 0.562. The Kier molecular flexibility index (Phi) is 5.41. The average Bonchev–Trinajstić information content (AvgIpc) is 2.84. The molecule has 0 unspecified atom stereocenters. The van der Waals surface area contributed by atoms with E-state index in [9.17, 15) is 4.79 Å². The number of methoxy groups -OCH3 is 1. The number of ether oxygens (including phenoxy) is 3. The van der Waals surface area contributed by atoms with Gasteiger partial charge in [0, 0.05) is 14.0 Å². The third-order valence-electron chi connectivity index (χ3n) is 3.67. The zero-order chi connectivity index (χ0) is 14.4. The third-order valence-corrected chi connectivity index (χ3v) is 3.67. The molecule has 1 saturated carbocycles. The molecule has 0 radical (unpaired) electrons. The zero-order valence-corrected chi connectivity index (χ0v) is 12.1. The largest absolute Gasteiger partial charge is 0.468 e. The molecule has 0 aromatic heterocycles. The van der Waals surface area contributed by atoms with Gasteiger partial charge in [-0.2, -0.15) is 0 Å². The van der Waals surface area contributed by atoms with Crippen LogP contribution in [0.1, 0.15) is 31.7 Å². The molecule has 0 bridgehead atoms. The van der Waals surface area contributed by atoms with Crippen molar-refractivity contribution in [2.75, 3.05) is 13.9 Å². The molecule has 0 spiro atoms. The monoisotopic (exact) mass is 278 g/mol. The molecule has 110 valence electrons. The van der Waals surface area contributed by atoms with Crippen LogP contribution in [-0.2, 0) is 20.7 Å². The van der Waals surface area contributed by atoms with Gasteiger partial charge in [0.25, 0.3) is 0 Å². The van der Waals surface area contributed by atoms with E-state index in [-0.39, 0.29) is 18.9 Å². The minimum absolute atomic E-state index is 0.0805. The quantitative estimate of drug-likeness (QED) is 0.593. The van der Waals surface area contributed by atoms with Crippen molar-refractivity contribution in [2.24, 2.45) is 5.92 Å². The van der Waals surface area contributed by atoms with Crippen molar-refractivity contribution >= 4 is 5.97 Å². The van der Waals surface area contributed by atoms with Crippen molar-refractivity contribution in [3.63, 3.8) is 0 Å². The number of rotatable bonds is 6. The standard InChI is InChI=1S/C16H22O4/c1-12(17)20-16-5-3-4-14(16)10-13-6-8-15(9-7-13)19-11-18-2/h6-9,14,16H,3-5,10-11H2,1-2H3/t14-,16+/m0/s1. The molecule has 4 heteroatoms. The molecule has 1 fully saturated rings. The van der Waals surface area contributed by atoms with Crippen LogP contribution < -0.4 is 4.74 Å². The zero-order valence-electron chi connectivity index (χ0n) is 12.1. The van der Waals surface area contributed by atoms with Crippen LogP contribution in [0.4, 0.5) is 0 Å². The molecule has 2 rings (SSSR count). The summed E-state index contributed by atoms with van der Waals surface area (Å²) in [7, 11) is 1.60. The predicted molar refractivity (Wildman–Crippen MR) is 75.5 cm³/mol. The van der Waals surface area contributed by atoms with Crippen LogP contribution in [0.5, 0.6) is 5.75 Å². The molecular weight excluding hydrogens is 256 g/mol. The van der Waals surface area contributed by atoms with Crippen LogP contribution in [-0.4, -0.2) is 26.0 Å². The van der Waals surface area contributed by atoms with Gasteiger partial charge in [-0.3, -0.25) is 4.79 Å². The molecule has 1 aromatic rings. The fourth-order valence-electron chi connectivity index (χ4n) is 2.76. The van der Waals surface area contributed by atoms with E-state index in [0.29, 0.717) is 5.92 Å². The van der Waals surface area contributed by atoms with E-state index in [1.165, 1.54) is 12.5 Å². The maximum atomic E-state index is 11.1. The molecular formula is C16H22O4. The molecule has 0 N–H and O–H groups in total. The highest BCUT2D eigenvalue weighted by Crippen LogP contribution is 2.31. The Morgan fingerprint density at radius 1 is 1.25 bits per heavy atom. The topological polar surface area (TPSA) is 44.8 Å². The lowest BCUT2D eigenvalue weighted by atomic mass is 9.96. The lowest BCUT2D eigenvalue weighted by molar-refractivity contribution is -0.147. The van der Waals surface area contributed by atoms with Gasteiger partial charge in [-0.05, 0) is 49.3 Å². The van der Waals surface area contributed by atoms with E-state index in [1.807, 2.05) is 12.1 Å². The van der Waals surface area contributed by atoms with Gasteiger partial charge in [0.1, 0.15) is 11.9 Å². The third kappa shape index (κ3) is 4.23. The first kappa shape index (κ1) is 14.9. The van der Waals surface area contributed by atoms with Crippen LogP contribution in [0.25, 0.3) is 0 Å². The highest BCUT2D eigenvalue weighted by molar-refractivity contribution is 5.66. The Morgan fingerprint density at radius 2 is 2.00 bits per heavy atom. The predicted octanol–water partition coefficient (Wildman–Crippen LogP) is 2.94. The first-order chi connectivity index (χ1) is 9.69. The van der Waals surface area contributed by atoms with E-state index >= 15 is 0 Å². The van der Waals surface area contributed by atoms with Gasteiger partial charge in [0.2, 0.25) is 0 Å². The molecule has 0 heterocycles. The summed E-state index contributed by atoms with van der Waals surface area (Å²) < 4.78 is 15.6. The molecule has 2 atom stereocenters. The SMILES string of the molecule is COCOc1ccc(C[C@@H]2CCC[C@H]2OC(C)=O)cc1. The van der Waals surface area contributed by atoms with E-state index in [1.54, 1.807) is 7.11 Å². The van der Waals surface area contributed by atoms with Crippen LogP contribution in [0.3, 0.4) is 0 Å².